The van der Waals surface area contributed by atoms with Gasteiger partial charge in [-0.15, -0.1) is 0 Å². The third-order valence-corrected chi connectivity index (χ3v) is 10.0. The van der Waals surface area contributed by atoms with Crippen LogP contribution in [-0.2, 0) is 5.41 Å². The van der Waals surface area contributed by atoms with Gasteiger partial charge in [0.2, 0.25) is 0 Å². The van der Waals surface area contributed by atoms with Crippen LogP contribution in [0, 0.1) is 0 Å². The van der Waals surface area contributed by atoms with Gasteiger partial charge in [-0.2, -0.15) is 0 Å². The zero-order valence-electron chi connectivity index (χ0n) is 27.6. The number of fused-ring (bicyclic) bond motifs is 4. The quantitative estimate of drug-likeness (QED) is 0.182. The van der Waals surface area contributed by atoms with Gasteiger partial charge < -0.3 is 9.32 Å². The first-order chi connectivity index (χ1) is 24.1. The van der Waals surface area contributed by atoms with Crippen LogP contribution in [0.25, 0.3) is 55.7 Å². The minimum absolute atomic E-state index is 0.223. The van der Waals surface area contributed by atoms with Crippen LogP contribution in [0.2, 0.25) is 0 Å². The molecule has 0 saturated heterocycles. The molecule has 0 N–H and O–H groups in total. The molecule has 234 valence electrons. The second kappa shape index (κ2) is 11.5. The molecule has 1 heterocycles. The number of furan rings is 1. The van der Waals surface area contributed by atoms with Gasteiger partial charge in [0, 0.05) is 44.7 Å². The van der Waals surface area contributed by atoms with Gasteiger partial charge in [0.25, 0.3) is 0 Å². The van der Waals surface area contributed by atoms with Gasteiger partial charge in [0.1, 0.15) is 11.5 Å². The highest BCUT2D eigenvalue weighted by molar-refractivity contribution is 5.95. The molecule has 1 aromatic heterocycles. The van der Waals surface area contributed by atoms with E-state index in [1.165, 1.54) is 38.6 Å². The second-order valence-electron chi connectivity index (χ2n) is 13.4. The summed E-state index contributed by atoms with van der Waals surface area (Å²) < 4.78 is 6.92. The number of hydrogen-bond acceptors (Lipinski definition) is 2. The van der Waals surface area contributed by atoms with Crippen molar-refractivity contribution in [2.75, 3.05) is 4.90 Å². The molecule has 2 heteroatoms. The monoisotopic (exact) mass is 629 g/mol. The molecule has 0 spiro atoms. The summed E-state index contributed by atoms with van der Waals surface area (Å²) in [6.45, 7) is 4.65. The fourth-order valence-electron chi connectivity index (χ4n) is 7.64. The minimum atomic E-state index is -0.223. The molecule has 49 heavy (non-hydrogen) atoms. The summed E-state index contributed by atoms with van der Waals surface area (Å²) in [5.74, 6) is 1.89. The van der Waals surface area contributed by atoms with Crippen molar-refractivity contribution in [3.05, 3.63) is 187 Å². The van der Waals surface area contributed by atoms with E-state index in [1.807, 2.05) is 0 Å². The molecule has 9 rings (SSSR count). The van der Waals surface area contributed by atoms with Gasteiger partial charge in [0.05, 0.1) is 0 Å². The summed E-state index contributed by atoms with van der Waals surface area (Å²) in [6.07, 6.45) is 0. The van der Waals surface area contributed by atoms with Crippen molar-refractivity contribution in [3.8, 4) is 44.9 Å². The average Bonchev–Trinajstić information content (AvgIpc) is 3.67. The predicted octanol–water partition coefficient (Wildman–Crippen LogP) is 13.2. The molecule has 0 fully saturated rings. The van der Waals surface area contributed by atoms with Crippen LogP contribution in [0.15, 0.2) is 180 Å². The zero-order chi connectivity index (χ0) is 33.0. The highest BCUT2D eigenvalue weighted by Crippen LogP contribution is 2.57. The third-order valence-electron chi connectivity index (χ3n) is 10.0. The van der Waals surface area contributed by atoms with Gasteiger partial charge in [-0.25, -0.2) is 0 Å². The first-order valence-corrected chi connectivity index (χ1v) is 16.9. The van der Waals surface area contributed by atoms with Gasteiger partial charge in [-0.05, 0) is 69.4 Å². The van der Waals surface area contributed by atoms with E-state index in [9.17, 15) is 0 Å². The average molecular weight is 630 g/mol. The first kappa shape index (κ1) is 29.1. The standard InChI is InChI=1S/C47H35NO/c1-47(2)42-23-12-11-22-41(42)46-44(47)43(45(49-46)35-17-7-4-8-18-35)37-20-13-21-39(31-37)48(40-29-26-33-16-9-10-19-36(33)30-40)38-27-24-34(25-28-38)32-14-5-3-6-15-32/h3-31H,1-2H3. The fourth-order valence-corrected chi connectivity index (χ4v) is 7.64. The Hall–Kier alpha value is -6.12. The molecule has 1 aliphatic carbocycles. The highest BCUT2D eigenvalue weighted by Gasteiger charge is 2.42. The van der Waals surface area contributed by atoms with Gasteiger partial charge >= 0.3 is 0 Å². The number of nitrogens with zero attached hydrogens (tertiary/aromatic N) is 1. The SMILES string of the molecule is CC1(C)c2ccccc2-c2oc(-c3ccccc3)c(-c3cccc(N(c4ccc(-c5ccccc5)cc4)c4ccc5ccccc5c4)c3)c21. The summed E-state index contributed by atoms with van der Waals surface area (Å²) in [5, 5.41) is 2.43. The molecule has 8 aromatic rings. The van der Waals surface area contributed by atoms with E-state index in [4.69, 9.17) is 4.42 Å². The molecule has 1 aliphatic rings. The van der Waals surface area contributed by atoms with E-state index >= 15 is 0 Å². The maximum atomic E-state index is 6.92. The van der Waals surface area contributed by atoms with Crippen molar-refractivity contribution in [1.29, 1.82) is 0 Å². The predicted molar refractivity (Wildman–Crippen MR) is 205 cm³/mol. The summed E-state index contributed by atoms with van der Waals surface area (Å²) in [4.78, 5) is 2.37. The molecule has 0 radical (unpaired) electrons. The van der Waals surface area contributed by atoms with Crippen LogP contribution in [-0.4, -0.2) is 0 Å². The molecule has 7 aromatic carbocycles. The van der Waals surface area contributed by atoms with E-state index < -0.39 is 0 Å². The number of rotatable bonds is 6. The second-order valence-corrected chi connectivity index (χ2v) is 13.4. The molecule has 2 nitrogen and oxygen atoms in total. The van der Waals surface area contributed by atoms with E-state index in [2.05, 4.69) is 195 Å². The lowest BCUT2D eigenvalue weighted by Crippen LogP contribution is -2.16. The molecule has 0 unspecified atom stereocenters. The highest BCUT2D eigenvalue weighted by atomic mass is 16.3. The summed E-state index contributed by atoms with van der Waals surface area (Å²) >= 11 is 0. The Morgan fingerprint density at radius 3 is 1.80 bits per heavy atom. The van der Waals surface area contributed by atoms with Crippen molar-refractivity contribution in [2.24, 2.45) is 0 Å². The normalized spacial score (nSPS) is 12.9. The van der Waals surface area contributed by atoms with Crippen LogP contribution < -0.4 is 4.90 Å². The van der Waals surface area contributed by atoms with Crippen molar-refractivity contribution in [1.82, 2.24) is 0 Å². The Bertz CT molecular complexity index is 2450. The molecule has 0 bridgehead atoms. The lowest BCUT2D eigenvalue weighted by Gasteiger charge is -2.27. The number of benzene rings is 7. The van der Waals surface area contributed by atoms with Crippen LogP contribution >= 0.6 is 0 Å². The Labute approximate surface area is 287 Å². The molecule has 0 saturated carbocycles. The van der Waals surface area contributed by atoms with Crippen LogP contribution in [0.1, 0.15) is 25.0 Å². The largest absolute Gasteiger partial charge is 0.455 e. The van der Waals surface area contributed by atoms with Crippen molar-refractivity contribution in [2.45, 2.75) is 19.3 Å². The Morgan fingerprint density at radius 2 is 1.02 bits per heavy atom. The summed E-state index contributed by atoms with van der Waals surface area (Å²) in [6, 6.07) is 62.9. The maximum Gasteiger partial charge on any atom is 0.142 e. The molecule has 0 atom stereocenters. The van der Waals surface area contributed by atoms with E-state index in [0.717, 1.165) is 45.3 Å². The Morgan fingerprint density at radius 1 is 0.429 bits per heavy atom. The lowest BCUT2D eigenvalue weighted by atomic mass is 9.79. The third kappa shape index (κ3) is 4.88. The maximum absolute atomic E-state index is 6.92. The van der Waals surface area contributed by atoms with Crippen molar-refractivity contribution in [3.63, 3.8) is 0 Å². The van der Waals surface area contributed by atoms with Gasteiger partial charge in [-0.3, -0.25) is 0 Å². The number of hydrogen-bond donors (Lipinski definition) is 0. The van der Waals surface area contributed by atoms with E-state index in [1.54, 1.807) is 0 Å². The smallest absolute Gasteiger partial charge is 0.142 e. The minimum Gasteiger partial charge on any atom is -0.455 e. The van der Waals surface area contributed by atoms with Crippen LogP contribution in [0.5, 0.6) is 0 Å². The van der Waals surface area contributed by atoms with Gasteiger partial charge in [-0.1, -0.05) is 153 Å². The topological polar surface area (TPSA) is 16.4 Å². The molecule has 0 aliphatic heterocycles. The van der Waals surface area contributed by atoms with Crippen molar-refractivity contribution < 1.29 is 4.42 Å². The summed E-state index contributed by atoms with van der Waals surface area (Å²) in [5.41, 5.74) is 12.6. The van der Waals surface area contributed by atoms with E-state index in [-0.39, 0.29) is 5.41 Å². The zero-order valence-corrected chi connectivity index (χ0v) is 27.6. The molecular weight excluding hydrogens is 595 g/mol. The molecule has 0 amide bonds. The number of anilines is 3. The van der Waals surface area contributed by atoms with Gasteiger partial charge in [0.15, 0.2) is 0 Å². The van der Waals surface area contributed by atoms with Crippen LogP contribution in [0.4, 0.5) is 17.1 Å². The Balaban J connectivity index is 1.24. The van der Waals surface area contributed by atoms with E-state index in [0.29, 0.717) is 0 Å². The molecular formula is C47H35NO. The Kier molecular flexibility index (Phi) is 6.84. The summed E-state index contributed by atoms with van der Waals surface area (Å²) in [7, 11) is 0. The lowest BCUT2D eigenvalue weighted by molar-refractivity contribution is 0.593. The fraction of sp³-hybridized carbons (Fsp3) is 0.0638. The first-order valence-electron chi connectivity index (χ1n) is 16.9. The van der Waals surface area contributed by atoms with Crippen molar-refractivity contribution >= 4 is 27.8 Å². The van der Waals surface area contributed by atoms with Crippen LogP contribution in [0.3, 0.4) is 0 Å².